The summed E-state index contributed by atoms with van der Waals surface area (Å²) in [4.78, 5) is 0. The first-order valence-corrected chi connectivity index (χ1v) is 9.03. The highest BCUT2D eigenvalue weighted by Crippen LogP contribution is 2.35. The Morgan fingerprint density at radius 1 is 1.27 bits per heavy atom. The smallest absolute Gasteiger partial charge is 0.214 e. The Hall–Kier alpha value is -1.63. The lowest BCUT2D eigenvalue weighted by Gasteiger charge is -2.34. The summed E-state index contributed by atoms with van der Waals surface area (Å²) >= 11 is 0. The van der Waals surface area contributed by atoms with Gasteiger partial charge in [0, 0.05) is 24.5 Å². The molecule has 5 nitrogen and oxygen atoms in total. The molecule has 0 spiro atoms. The van der Waals surface area contributed by atoms with Gasteiger partial charge in [0.25, 0.3) is 0 Å². The normalized spacial score (nSPS) is 24.4. The van der Waals surface area contributed by atoms with E-state index in [2.05, 4.69) is 16.9 Å². The first-order valence-electron chi connectivity index (χ1n) is 7.54. The van der Waals surface area contributed by atoms with Gasteiger partial charge in [0.1, 0.15) is 4.75 Å². The zero-order chi connectivity index (χ0) is 16.6. The Morgan fingerprint density at radius 3 is 2.59 bits per heavy atom. The van der Waals surface area contributed by atoms with Crippen molar-refractivity contribution in [2.45, 2.75) is 50.7 Å². The van der Waals surface area contributed by atoms with Gasteiger partial charge in [-0.15, -0.1) is 0 Å². The van der Waals surface area contributed by atoms with Crippen LogP contribution in [-0.2, 0) is 10.0 Å². The molecule has 6 heteroatoms. The Kier molecular flexibility index (Phi) is 6.80. The van der Waals surface area contributed by atoms with Crippen LogP contribution in [0.3, 0.4) is 0 Å². The lowest BCUT2D eigenvalue weighted by Crippen LogP contribution is -2.48. The van der Waals surface area contributed by atoms with E-state index in [4.69, 9.17) is 10.5 Å². The molecule has 0 saturated carbocycles. The zero-order valence-corrected chi connectivity index (χ0v) is 14.0. The lowest BCUT2D eigenvalue weighted by atomic mass is 9.84. The minimum absolute atomic E-state index is 0.379. The maximum Gasteiger partial charge on any atom is 0.221 e. The van der Waals surface area contributed by atoms with Gasteiger partial charge in [-0.2, -0.15) is 10.5 Å². The van der Waals surface area contributed by atoms with Crippen LogP contribution in [0.25, 0.3) is 0 Å². The first kappa shape index (κ1) is 18.4. The molecule has 1 rings (SSSR count). The van der Waals surface area contributed by atoms with Crippen molar-refractivity contribution in [2.75, 3.05) is 6.54 Å². The number of allylic oxidation sites excluding steroid dienone is 3. The Balaban J connectivity index is 2.57. The molecule has 0 bridgehead atoms. The third-order valence-corrected chi connectivity index (χ3v) is 6.48. The summed E-state index contributed by atoms with van der Waals surface area (Å²) < 4.78 is 26.7. The van der Waals surface area contributed by atoms with Gasteiger partial charge in [-0.1, -0.05) is 31.9 Å². The van der Waals surface area contributed by atoms with Crippen LogP contribution in [0.4, 0.5) is 0 Å². The van der Waals surface area contributed by atoms with Crippen LogP contribution in [0.1, 0.15) is 46.0 Å². The zero-order valence-electron chi connectivity index (χ0n) is 13.2. The molecule has 0 aromatic carbocycles. The number of unbranched alkanes of at least 4 members (excludes halogenated alkanes) is 4. The largest absolute Gasteiger partial charge is 0.221 e. The van der Waals surface area contributed by atoms with E-state index in [0.29, 0.717) is 18.5 Å². The van der Waals surface area contributed by atoms with E-state index >= 15 is 0 Å². The van der Waals surface area contributed by atoms with Crippen molar-refractivity contribution in [3.05, 3.63) is 23.8 Å². The summed E-state index contributed by atoms with van der Waals surface area (Å²) in [5, 5.41) is 17.5. The summed E-state index contributed by atoms with van der Waals surface area (Å²) in [5.74, 6) is -0.379. The van der Waals surface area contributed by atoms with E-state index in [0.717, 1.165) is 25.7 Å². The maximum atomic E-state index is 12.6. The van der Waals surface area contributed by atoms with Gasteiger partial charge >= 0.3 is 0 Å². The molecule has 0 saturated heterocycles. The summed E-state index contributed by atoms with van der Waals surface area (Å²) in [6.07, 6.45) is 8.94. The van der Waals surface area contributed by atoms with Crippen LogP contribution in [0.2, 0.25) is 0 Å². The third kappa shape index (κ3) is 4.19. The van der Waals surface area contributed by atoms with Gasteiger partial charge in [0.15, 0.2) is 0 Å². The number of nitriles is 2. The van der Waals surface area contributed by atoms with Crippen LogP contribution in [0.5, 0.6) is 0 Å². The summed E-state index contributed by atoms with van der Waals surface area (Å²) in [6, 6.07) is 4.16. The fourth-order valence-corrected chi connectivity index (χ4v) is 4.02. The highest BCUT2D eigenvalue weighted by atomic mass is 32.2. The molecule has 2 atom stereocenters. The van der Waals surface area contributed by atoms with Crippen LogP contribution >= 0.6 is 0 Å². The molecule has 0 radical (unpaired) electrons. The Morgan fingerprint density at radius 2 is 1.95 bits per heavy atom. The van der Waals surface area contributed by atoms with Crippen molar-refractivity contribution in [3.63, 3.8) is 0 Å². The number of nitrogens with one attached hydrogen (secondary N) is 1. The predicted octanol–water partition coefficient (Wildman–Crippen LogP) is 2.79. The predicted molar refractivity (Wildman–Crippen MR) is 86.0 cm³/mol. The van der Waals surface area contributed by atoms with Crippen LogP contribution in [-0.4, -0.2) is 19.7 Å². The number of hydrogen-bond acceptors (Lipinski definition) is 4. The minimum atomic E-state index is -3.55. The minimum Gasteiger partial charge on any atom is -0.214 e. The molecule has 0 aromatic heterocycles. The van der Waals surface area contributed by atoms with Gasteiger partial charge < -0.3 is 0 Å². The van der Waals surface area contributed by atoms with Crippen molar-refractivity contribution >= 4 is 10.0 Å². The summed E-state index contributed by atoms with van der Waals surface area (Å²) in [6.45, 7) is 3.80. The molecule has 1 aliphatic carbocycles. The standard InChI is InChI=1S/C16H23N3O2S/c1-14-15(13-18)9-8-10-16(14,2)22(20,21)19-12-7-5-3-4-6-11-17/h8-10,14,19H,3-7,12H2,1-2H3. The van der Waals surface area contributed by atoms with Gasteiger partial charge in [-0.05, 0) is 25.8 Å². The number of sulfonamides is 1. The van der Waals surface area contributed by atoms with E-state index in [1.807, 2.05) is 0 Å². The molecule has 120 valence electrons. The fraction of sp³-hybridized carbons (Fsp3) is 0.625. The SMILES string of the molecule is CC1C(C#N)=CC=CC1(C)S(=O)(=O)NCCCCCCC#N. The van der Waals surface area contributed by atoms with Crippen LogP contribution < -0.4 is 4.72 Å². The van der Waals surface area contributed by atoms with Crippen LogP contribution in [0.15, 0.2) is 23.8 Å². The Bertz CT molecular complexity index is 623. The second-order valence-electron chi connectivity index (χ2n) is 5.72. The number of rotatable bonds is 8. The number of nitrogens with zero attached hydrogens (tertiary/aromatic N) is 2. The van der Waals surface area contributed by atoms with E-state index < -0.39 is 14.8 Å². The molecule has 0 amide bonds. The van der Waals surface area contributed by atoms with E-state index in [1.165, 1.54) is 0 Å². The topological polar surface area (TPSA) is 93.8 Å². The van der Waals surface area contributed by atoms with Crippen molar-refractivity contribution in [1.82, 2.24) is 4.72 Å². The molecule has 0 heterocycles. The van der Waals surface area contributed by atoms with E-state index in [-0.39, 0.29) is 5.92 Å². The molecule has 22 heavy (non-hydrogen) atoms. The quantitative estimate of drug-likeness (QED) is 0.695. The van der Waals surface area contributed by atoms with Gasteiger partial charge in [0.05, 0.1) is 12.1 Å². The third-order valence-electron chi connectivity index (χ3n) is 4.24. The highest BCUT2D eigenvalue weighted by Gasteiger charge is 2.44. The average molecular weight is 321 g/mol. The van der Waals surface area contributed by atoms with Crippen molar-refractivity contribution in [3.8, 4) is 12.1 Å². The molecular formula is C16H23N3O2S. The van der Waals surface area contributed by atoms with Gasteiger partial charge in [-0.25, -0.2) is 13.1 Å². The number of hydrogen-bond donors (Lipinski definition) is 1. The highest BCUT2D eigenvalue weighted by molar-refractivity contribution is 7.91. The van der Waals surface area contributed by atoms with E-state index in [9.17, 15) is 8.42 Å². The van der Waals surface area contributed by atoms with Crippen molar-refractivity contribution in [1.29, 1.82) is 10.5 Å². The maximum absolute atomic E-state index is 12.6. The van der Waals surface area contributed by atoms with E-state index in [1.54, 1.807) is 32.1 Å². The summed E-state index contributed by atoms with van der Waals surface area (Å²) in [5.41, 5.74) is 0.479. The van der Waals surface area contributed by atoms with Crippen molar-refractivity contribution < 1.29 is 8.42 Å². The van der Waals surface area contributed by atoms with Crippen molar-refractivity contribution in [2.24, 2.45) is 5.92 Å². The second-order valence-corrected chi connectivity index (χ2v) is 7.89. The molecule has 0 aromatic rings. The fourth-order valence-electron chi connectivity index (χ4n) is 2.44. The average Bonchev–Trinajstić information content (AvgIpc) is 2.49. The Labute approximate surface area is 133 Å². The molecule has 0 fully saturated rings. The molecule has 0 aliphatic heterocycles. The van der Waals surface area contributed by atoms with Gasteiger partial charge in [0.2, 0.25) is 10.0 Å². The lowest BCUT2D eigenvalue weighted by molar-refractivity contribution is 0.492. The van der Waals surface area contributed by atoms with Gasteiger partial charge in [-0.3, -0.25) is 0 Å². The second kappa shape index (κ2) is 8.12. The van der Waals surface area contributed by atoms with Crippen LogP contribution in [0, 0.1) is 28.6 Å². The summed E-state index contributed by atoms with van der Waals surface area (Å²) in [7, 11) is -3.55. The molecular weight excluding hydrogens is 298 g/mol. The first-order chi connectivity index (χ1) is 10.4. The molecule has 1 aliphatic rings. The molecule has 2 unspecified atom stereocenters. The molecule has 1 N–H and O–H groups in total. The monoisotopic (exact) mass is 321 g/mol.